The van der Waals surface area contributed by atoms with Gasteiger partial charge in [0.1, 0.15) is 0 Å². The van der Waals surface area contributed by atoms with Crippen molar-refractivity contribution in [3.8, 4) is 0 Å². The highest BCUT2D eigenvalue weighted by molar-refractivity contribution is 5.79. The molecule has 0 aliphatic heterocycles. The lowest BCUT2D eigenvalue weighted by atomic mass is 9.82. The topological polar surface area (TPSA) is 62.4 Å². The molecule has 0 aromatic heterocycles. The molecule has 1 rings (SSSR count). The third-order valence-electron chi connectivity index (χ3n) is 3.06. The molecule has 0 aromatic rings. The smallest absolute Gasteiger partial charge is 0.205 e. The van der Waals surface area contributed by atoms with Crippen LogP contribution in [0.25, 0.3) is 0 Å². The molecule has 0 amide bonds. The van der Waals surface area contributed by atoms with Crippen molar-refractivity contribution < 1.29 is 0 Å². The molecule has 1 saturated carbocycles. The maximum atomic E-state index is 5.40. The van der Waals surface area contributed by atoms with Gasteiger partial charge < -0.3 is 5.32 Å². The first-order valence-corrected chi connectivity index (χ1v) is 5.71. The Bertz CT molecular complexity index is 225. The average Bonchev–Trinajstić information content (AvgIpc) is 2.93. The van der Waals surface area contributed by atoms with Gasteiger partial charge in [-0.1, -0.05) is 27.7 Å². The number of hydrazine groups is 1. The van der Waals surface area contributed by atoms with Crippen LogP contribution in [0.2, 0.25) is 0 Å². The summed E-state index contributed by atoms with van der Waals surface area (Å²) in [7, 11) is 0. The van der Waals surface area contributed by atoms with E-state index in [0.29, 0.717) is 17.4 Å². The molecular weight excluding hydrogens is 188 g/mol. The van der Waals surface area contributed by atoms with Crippen molar-refractivity contribution in [2.75, 3.05) is 6.54 Å². The van der Waals surface area contributed by atoms with Gasteiger partial charge in [0.15, 0.2) is 0 Å². The number of nitrogens with one attached hydrogen (secondary N) is 2. The summed E-state index contributed by atoms with van der Waals surface area (Å²) >= 11 is 0. The number of nitrogens with zero attached hydrogens (tertiary/aromatic N) is 1. The number of nitrogens with two attached hydrogens (primary N) is 1. The van der Waals surface area contributed by atoms with E-state index in [4.69, 9.17) is 5.84 Å². The van der Waals surface area contributed by atoms with Crippen LogP contribution < -0.4 is 16.6 Å². The molecule has 0 bridgehead atoms. The number of rotatable bonds is 3. The van der Waals surface area contributed by atoms with Crippen LogP contribution >= 0.6 is 0 Å². The van der Waals surface area contributed by atoms with Gasteiger partial charge in [-0.05, 0) is 24.2 Å². The molecule has 0 aromatic carbocycles. The summed E-state index contributed by atoms with van der Waals surface area (Å²) in [5, 5.41) is 3.26. The highest BCUT2D eigenvalue weighted by Crippen LogP contribution is 2.25. The van der Waals surface area contributed by atoms with E-state index in [0.717, 1.165) is 12.5 Å². The van der Waals surface area contributed by atoms with E-state index < -0.39 is 0 Å². The van der Waals surface area contributed by atoms with Crippen molar-refractivity contribution >= 4 is 5.96 Å². The lowest BCUT2D eigenvalue weighted by Crippen LogP contribution is -2.43. The summed E-state index contributed by atoms with van der Waals surface area (Å²) in [5.74, 6) is 6.67. The van der Waals surface area contributed by atoms with Crippen LogP contribution in [0, 0.1) is 11.3 Å². The number of hydrogen-bond donors (Lipinski definition) is 3. The SMILES string of the molecule is CC(CN=C(NN)NC1CC1)C(C)(C)C. The van der Waals surface area contributed by atoms with Crippen LogP contribution in [0.3, 0.4) is 0 Å². The molecule has 1 aliphatic rings. The molecule has 0 spiro atoms. The van der Waals surface area contributed by atoms with Crippen LogP contribution in [0.4, 0.5) is 0 Å². The van der Waals surface area contributed by atoms with Crippen LogP contribution in [-0.4, -0.2) is 18.5 Å². The van der Waals surface area contributed by atoms with Crippen LogP contribution in [0.5, 0.6) is 0 Å². The fraction of sp³-hybridized carbons (Fsp3) is 0.909. The van der Waals surface area contributed by atoms with E-state index in [-0.39, 0.29) is 0 Å². The minimum Gasteiger partial charge on any atom is -0.353 e. The Hall–Kier alpha value is -0.770. The van der Waals surface area contributed by atoms with Crippen molar-refractivity contribution in [3.05, 3.63) is 0 Å². The normalized spacial score (nSPS) is 19.9. The van der Waals surface area contributed by atoms with E-state index in [1.165, 1.54) is 12.8 Å². The van der Waals surface area contributed by atoms with E-state index >= 15 is 0 Å². The van der Waals surface area contributed by atoms with Gasteiger partial charge in [0.05, 0.1) is 0 Å². The van der Waals surface area contributed by atoms with E-state index in [9.17, 15) is 0 Å². The monoisotopic (exact) mass is 212 g/mol. The van der Waals surface area contributed by atoms with Gasteiger partial charge in [-0.15, -0.1) is 0 Å². The molecule has 0 heterocycles. The molecule has 88 valence electrons. The van der Waals surface area contributed by atoms with Gasteiger partial charge in [-0.3, -0.25) is 10.4 Å². The highest BCUT2D eigenvalue weighted by atomic mass is 15.3. The molecule has 4 nitrogen and oxygen atoms in total. The molecule has 4 heteroatoms. The molecule has 0 radical (unpaired) electrons. The number of guanidine groups is 1. The fourth-order valence-corrected chi connectivity index (χ4v) is 1.06. The third kappa shape index (κ3) is 4.51. The molecule has 1 aliphatic carbocycles. The number of aliphatic imine (C=N–C) groups is 1. The van der Waals surface area contributed by atoms with Crippen molar-refractivity contribution in [3.63, 3.8) is 0 Å². The summed E-state index contributed by atoms with van der Waals surface area (Å²) in [6.07, 6.45) is 2.46. The van der Waals surface area contributed by atoms with Crippen LogP contribution in [0.15, 0.2) is 4.99 Å². The van der Waals surface area contributed by atoms with Crippen molar-refractivity contribution in [1.29, 1.82) is 0 Å². The summed E-state index contributed by atoms with van der Waals surface area (Å²) in [6, 6.07) is 0.588. The second-order valence-corrected chi connectivity index (χ2v) is 5.52. The minimum atomic E-state index is 0.294. The summed E-state index contributed by atoms with van der Waals surface area (Å²) in [6.45, 7) is 9.72. The first kappa shape index (κ1) is 12.3. The second kappa shape index (κ2) is 4.84. The minimum absolute atomic E-state index is 0.294. The summed E-state index contributed by atoms with van der Waals surface area (Å²) in [4.78, 5) is 4.46. The van der Waals surface area contributed by atoms with E-state index in [1.807, 2.05) is 0 Å². The third-order valence-corrected chi connectivity index (χ3v) is 3.06. The van der Waals surface area contributed by atoms with Gasteiger partial charge in [0, 0.05) is 12.6 Å². The Morgan fingerprint density at radius 1 is 1.47 bits per heavy atom. The molecule has 1 unspecified atom stereocenters. The van der Waals surface area contributed by atoms with Crippen molar-refractivity contribution in [2.45, 2.75) is 46.6 Å². The maximum Gasteiger partial charge on any atom is 0.205 e. The summed E-state index contributed by atoms with van der Waals surface area (Å²) in [5.41, 5.74) is 2.91. The van der Waals surface area contributed by atoms with Crippen LogP contribution in [-0.2, 0) is 0 Å². The quantitative estimate of drug-likeness (QED) is 0.285. The Balaban J connectivity index is 2.38. The fourth-order valence-electron chi connectivity index (χ4n) is 1.06. The van der Waals surface area contributed by atoms with Gasteiger partial charge >= 0.3 is 0 Å². The van der Waals surface area contributed by atoms with E-state index in [1.54, 1.807) is 0 Å². The zero-order valence-corrected chi connectivity index (χ0v) is 10.3. The lowest BCUT2D eigenvalue weighted by Gasteiger charge is -2.25. The zero-order valence-electron chi connectivity index (χ0n) is 10.3. The van der Waals surface area contributed by atoms with Gasteiger partial charge in [0.25, 0.3) is 0 Å². The van der Waals surface area contributed by atoms with Gasteiger partial charge in [0.2, 0.25) is 5.96 Å². The first-order chi connectivity index (χ1) is 6.93. The van der Waals surface area contributed by atoms with Crippen molar-refractivity contribution in [1.82, 2.24) is 10.7 Å². The largest absolute Gasteiger partial charge is 0.353 e. The molecule has 15 heavy (non-hydrogen) atoms. The molecular formula is C11H24N4. The Kier molecular flexibility index (Phi) is 3.97. The Morgan fingerprint density at radius 3 is 2.47 bits per heavy atom. The zero-order chi connectivity index (χ0) is 11.5. The van der Waals surface area contributed by atoms with Crippen molar-refractivity contribution in [2.24, 2.45) is 22.2 Å². The second-order valence-electron chi connectivity index (χ2n) is 5.52. The molecule has 1 atom stereocenters. The molecule has 1 fully saturated rings. The lowest BCUT2D eigenvalue weighted by molar-refractivity contribution is 0.269. The van der Waals surface area contributed by atoms with Gasteiger partial charge in [-0.25, -0.2) is 5.84 Å². The molecule has 0 saturated heterocycles. The molecule has 4 N–H and O–H groups in total. The average molecular weight is 212 g/mol. The Morgan fingerprint density at radius 2 is 2.07 bits per heavy atom. The maximum absolute atomic E-state index is 5.40. The highest BCUT2D eigenvalue weighted by Gasteiger charge is 2.23. The van der Waals surface area contributed by atoms with Gasteiger partial charge in [-0.2, -0.15) is 0 Å². The van der Waals surface area contributed by atoms with E-state index in [2.05, 4.69) is 43.4 Å². The Labute approximate surface area is 92.7 Å². The number of hydrogen-bond acceptors (Lipinski definition) is 2. The first-order valence-electron chi connectivity index (χ1n) is 5.71. The van der Waals surface area contributed by atoms with Crippen LogP contribution in [0.1, 0.15) is 40.5 Å². The summed E-state index contributed by atoms with van der Waals surface area (Å²) < 4.78 is 0. The standard InChI is InChI=1S/C11H24N4/c1-8(11(2,3)4)7-13-10(15-12)14-9-5-6-9/h8-9H,5-7,12H2,1-4H3,(H2,13,14,15). The predicted octanol–water partition coefficient (Wildman–Crippen LogP) is 1.24. The predicted molar refractivity (Wildman–Crippen MR) is 64.4 cm³/mol.